The number of halogens is 1. The van der Waals surface area contributed by atoms with Gasteiger partial charge < -0.3 is 15.0 Å². The summed E-state index contributed by atoms with van der Waals surface area (Å²) in [6, 6.07) is 6.04. The summed E-state index contributed by atoms with van der Waals surface area (Å²) >= 11 is 3.47. The molecule has 0 saturated heterocycles. The highest BCUT2D eigenvalue weighted by Gasteiger charge is 2.10. The summed E-state index contributed by atoms with van der Waals surface area (Å²) in [6.45, 7) is 4.29. The molecule has 2 N–H and O–H groups in total. The number of aryl methyl sites for hydroxylation is 1. The predicted molar refractivity (Wildman–Crippen MR) is 81.6 cm³/mol. The van der Waals surface area contributed by atoms with Crippen LogP contribution in [-0.4, -0.2) is 20.8 Å². The molecular formula is C14H19BrN4O. The Balaban J connectivity index is 2.14. The highest BCUT2D eigenvalue weighted by molar-refractivity contribution is 9.10. The lowest BCUT2D eigenvalue weighted by Gasteiger charge is -2.13. The van der Waals surface area contributed by atoms with Gasteiger partial charge in [-0.25, -0.2) is 0 Å². The lowest BCUT2D eigenvalue weighted by atomic mass is 10.1. The van der Waals surface area contributed by atoms with Crippen molar-refractivity contribution >= 4 is 15.9 Å². The van der Waals surface area contributed by atoms with E-state index in [1.165, 1.54) is 0 Å². The van der Waals surface area contributed by atoms with Gasteiger partial charge in [-0.2, -0.15) is 0 Å². The zero-order valence-electron chi connectivity index (χ0n) is 11.9. The first-order valence-corrected chi connectivity index (χ1v) is 7.28. The Bertz CT molecular complexity index is 595. The van der Waals surface area contributed by atoms with Crippen molar-refractivity contribution in [3.8, 4) is 5.75 Å². The van der Waals surface area contributed by atoms with Crippen molar-refractivity contribution in [1.82, 2.24) is 14.8 Å². The Morgan fingerprint density at radius 1 is 1.40 bits per heavy atom. The topological polar surface area (TPSA) is 66.0 Å². The Kier molecular flexibility index (Phi) is 4.77. The Morgan fingerprint density at radius 3 is 2.75 bits per heavy atom. The van der Waals surface area contributed by atoms with Crippen molar-refractivity contribution in [2.45, 2.75) is 32.9 Å². The maximum absolute atomic E-state index is 5.88. The minimum atomic E-state index is 0.0868. The summed E-state index contributed by atoms with van der Waals surface area (Å²) in [5.41, 5.74) is 6.97. The highest BCUT2D eigenvalue weighted by Crippen LogP contribution is 2.25. The van der Waals surface area contributed by atoms with Gasteiger partial charge in [-0.1, -0.05) is 15.9 Å². The summed E-state index contributed by atoms with van der Waals surface area (Å²) in [5.74, 6) is 2.51. The molecule has 2 rings (SSSR count). The van der Waals surface area contributed by atoms with Gasteiger partial charge in [0.2, 0.25) is 0 Å². The molecule has 0 bridgehead atoms. The fraction of sp³-hybridized carbons (Fsp3) is 0.429. The van der Waals surface area contributed by atoms with Crippen LogP contribution in [0.25, 0.3) is 0 Å². The van der Waals surface area contributed by atoms with E-state index in [4.69, 9.17) is 10.5 Å². The quantitative estimate of drug-likeness (QED) is 0.908. The van der Waals surface area contributed by atoms with Gasteiger partial charge in [0, 0.05) is 17.6 Å². The van der Waals surface area contributed by atoms with Crippen LogP contribution in [0.4, 0.5) is 0 Å². The molecule has 2 aromatic rings. The third-order valence-electron chi connectivity index (χ3n) is 3.10. The van der Waals surface area contributed by atoms with E-state index in [0.29, 0.717) is 6.61 Å². The molecule has 6 heteroatoms. The van der Waals surface area contributed by atoms with E-state index in [-0.39, 0.29) is 6.04 Å². The Labute approximate surface area is 127 Å². The molecule has 108 valence electrons. The summed E-state index contributed by atoms with van der Waals surface area (Å²) in [7, 11) is 1.93. The summed E-state index contributed by atoms with van der Waals surface area (Å²) in [6.07, 6.45) is 0.770. The molecule has 1 heterocycles. The standard InChI is InChI=1S/C14H19BrN4O/c1-9(16)6-11-7-12(15)4-5-13(11)20-8-14-18-17-10(2)19(14)3/h4-5,7,9H,6,8,16H2,1-3H3. The maximum Gasteiger partial charge on any atom is 0.170 e. The normalized spacial score (nSPS) is 12.4. The average Bonchev–Trinajstić information content (AvgIpc) is 2.69. The molecule has 0 aliphatic rings. The monoisotopic (exact) mass is 338 g/mol. The zero-order chi connectivity index (χ0) is 14.7. The molecule has 0 fully saturated rings. The van der Waals surface area contributed by atoms with E-state index in [0.717, 1.165) is 33.9 Å². The summed E-state index contributed by atoms with van der Waals surface area (Å²) in [5, 5.41) is 8.11. The first kappa shape index (κ1) is 15.0. The van der Waals surface area contributed by atoms with Crippen LogP contribution in [0, 0.1) is 6.92 Å². The minimum absolute atomic E-state index is 0.0868. The van der Waals surface area contributed by atoms with Gasteiger partial charge in [-0.05, 0) is 44.0 Å². The fourth-order valence-electron chi connectivity index (χ4n) is 1.91. The van der Waals surface area contributed by atoms with Gasteiger partial charge in [0.15, 0.2) is 5.82 Å². The number of rotatable bonds is 5. The van der Waals surface area contributed by atoms with E-state index < -0.39 is 0 Å². The number of ether oxygens (including phenoxy) is 1. The molecule has 1 aromatic heterocycles. The Hall–Kier alpha value is -1.40. The molecule has 0 aliphatic carbocycles. The van der Waals surface area contributed by atoms with Crippen LogP contribution in [0.15, 0.2) is 22.7 Å². The highest BCUT2D eigenvalue weighted by atomic mass is 79.9. The van der Waals surface area contributed by atoms with Crippen molar-refractivity contribution in [1.29, 1.82) is 0 Å². The van der Waals surface area contributed by atoms with E-state index in [1.54, 1.807) is 0 Å². The molecule has 0 spiro atoms. The molecule has 1 unspecified atom stereocenters. The van der Waals surface area contributed by atoms with Gasteiger partial charge in [-0.15, -0.1) is 10.2 Å². The molecule has 1 aromatic carbocycles. The van der Waals surface area contributed by atoms with E-state index >= 15 is 0 Å². The summed E-state index contributed by atoms with van der Waals surface area (Å²) in [4.78, 5) is 0. The van der Waals surface area contributed by atoms with E-state index in [9.17, 15) is 0 Å². The second-order valence-corrected chi connectivity index (χ2v) is 5.86. The van der Waals surface area contributed by atoms with Crippen molar-refractivity contribution < 1.29 is 4.74 Å². The van der Waals surface area contributed by atoms with Gasteiger partial charge in [-0.3, -0.25) is 0 Å². The van der Waals surface area contributed by atoms with Gasteiger partial charge in [0.1, 0.15) is 18.2 Å². The largest absolute Gasteiger partial charge is 0.485 e. The molecular weight excluding hydrogens is 320 g/mol. The Morgan fingerprint density at radius 2 is 2.15 bits per heavy atom. The molecule has 0 radical (unpaired) electrons. The number of nitrogens with zero attached hydrogens (tertiary/aromatic N) is 3. The first-order chi connectivity index (χ1) is 9.47. The first-order valence-electron chi connectivity index (χ1n) is 6.49. The van der Waals surface area contributed by atoms with Crippen LogP contribution in [-0.2, 0) is 20.1 Å². The van der Waals surface area contributed by atoms with Crippen LogP contribution in [0.3, 0.4) is 0 Å². The molecule has 0 saturated carbocycles. The van der Waals surface area contributed by atoms with Gasteiger partial charge in [0.05, 0.1) is 0 Å². The van der Waals surface area contributed by atoms with E-state index in [1.807, 2.05) is 43.7 Å². The second-order valence-electron chi connectivity index (χ2n) is 4.94. The van der Waals surface area contributed by atoms with Gasteiger partial charge >= 0.3 is 0 Å². The molecule has 5 nitrogen and oxygen atoms in total. The second kappa shape index (κ2) is 6.37. The minimum Gasteiger partial charge on any atom is -0.485 e. The van der Waals surface area contributed by atoms with Crippen molar-refractivity contribution in [3.05, 3.63) is 39.9 Å². The van der Waals surface area contributed by atoms with Crippen LogP contribution in [0.5, 0.6) is 5.75 Å². The number of benzene rings is 1. The molecule has 20 heavy (non-hydrogen) atoms. The molecule has 0 amide bonds. The SMILES string of the molecule is Cc1nnc(COc2ccc(Br)cc2CC(C)N)n1C. The van der Waals surface area contributed by atoms with Gasteiger partial charge in [0.25, 0.3) is 0 Å². The number of hydrogen-bond donors (Lipinski definition) is 1. The molecule has 0 aliphatic heterocycles. The zero-order valence-corrected chi connectivity index (χ0v) is 13.5. The van der Waals surface area contributed by atoms with Crippen LogP contribution < -0.4 is 10.5 Å². The van der Waals surface area contributed by atoms with Crippen LogP contribution >= 0.6 is 15.9 Å². The number of hydrogen-bond acceptors (Lipinski definition) is 4. The molecule has 1 atom stereocenters. The van der Waals surface area contributed by atoms with Crippen molar-refractivity contribution in [3.63, 3.8) is 0 Å². The summed E-state index contributed by atoms with van der Waals surface area (Å²) < 4.78 is 8.82. The number of aromatic nitrogens is 3. The smallest absolute Gasteiger partial charge is 0.170 e. The van der Waals surface area contributed by atoms with Crippen molar-refractivity contribution in [2.75, 3.05) is 0 Å². The average molecular weight is 339 g/mol. The van der Waals surface area contributed by atoms with E-state index in [2.05, 4.69) is 26.1 Å². The lowest BCUT2D eigenvalue weighted by Crippen LogP contribution is -2.18. The number of nitrogens with two attached hydrogens (primary N) is 1. The van der Waals surface area contributed by atoms with Crippen molar-refractivity contribution in [2.24, 2.45) is 12.8 Å². The predicted octanol–water partition coefficient (Wildman–Crippen LogP) is 2.35. The fourth-order valence-corrected chi connectivity index (χ4v) is 2.32. The lowest BCUT2D eigenvalue weighted by molar-refractivity contribution is 0.287. The van der Waals surface area contributed by atoms with Crippen LogP contribution in [0.2, 0.25) is 0 Å². The third-order valence-corrected chi connectivity index (χ3v) is 3.60. The maximum atomic E-state index is 5.88. The van der Waals surface area contributed by atoms with Crippen LogP contribution in [0.1, 0.15) is 24.1 Å². The third kappa shape index (κ3) is 3.58.